The van der Waals surface area contributed by atoms with E-state index in [-0.39, 0.29) is 17.9 Å². The second-order valence-electron chi connectivity index (χ2n) is 8.53. The van der Waals surface area contributed by atoms with Crippen molar-refractivity contribution in [2.45, 2.75) is 24.9 Å². The summed E-state index contributed by atoms with van der Waals surface area (Å²) < 4.78 is 11.0. The minimum absolute atomic E-state index is 0.0559. The molecule has 2 aliphatic rings. The van der Waals surface area contributed by atoms with Gasteiger partial charge in [-0.1, -0.05) is 60.7 Å². The number of fused-ring (bicyclic) bond motifs is 3. The lowest BCUT2D eigenvalue weighted by atomic mass is 9.76. The summed E-state index contributed by atoms with van der Waals surface area (Å²) in [6.45, 7) is 0.494. The maximum atomic E-state index is 13.2. The van der Waals surface area contributed by atoms with Gasteiger partial charge in [0.2, 0.25) is 0 Å². The zero-order valence-corrected chi connectivity index (χ0v) is 18.9. The van der Waals surface area contributed by atoms with Crippen molar-refractivity contribution >= 4 is 11.6 Å². The van der Waals surface area contributed by atoms with Crippen molar-refractivity contribution in [1.82, 2.24) is 5.32 Å². The lowest BCUT2D eigenvalue weighted by Crippen LogP contribution is -2.32. The average molecular weight is 441 g/mol. The summed E-state index contributed by atoms with van der Waals surface area (Å²) in [5.41, 5.74) is 4.96. The van der Waals surface area contributed by atoms with Crippen LogP contribution in [0.25, 0.3) is 0 Å². The third-order valence-corrected chi connectivity index (χ3v) is 6.70. The Kier molecular flexibility index (Phi) is 5.78. The van der Waals surface area contributed by atoms with Gasteiger partial charge in [-0.15, -0.1) is 0 Å². The van der Waals surface area contributed by atoms with Crippen molar-refractivity contribution in [2.24, 2.45) is 5.92 Å². The highest BCUT2D eigenvalue weighted by molar-refractivity contribution is 6.00. The SMILES string of the molecule is COc1ccc(C2Nc3c(C(=O)NCc4ccccc4)cccc3C3C=CCC32)cc1OC. The van der Waals surface area contributed by atoms with Gasteiger partial charge in [0.05, 0.1) is 31.5 Å². The van der Waals surface area contributed by atoms with E-state index in [2.05, 4.69) is 34.9 Å². The number of nitrogens with one attached hydrogen (secondary N) is 2. The number of carbonyl (C=O) groups is 1. The van der Waals surface area contributed by atoms with E-state index in [1.165, 1.54) is 5.56 Å². The van der Waals surface area contributed by atoms with Crippen molar-refractivity contribution in [1.29, 1.82) is 0 Å². The molecule has 3 aromatic rings. The van der Waals surface area contributed by atoms with Crippen molar-refractivity contribution in [3.63, 3.8) is 0 Å². The van der Waals surface area contributed by atoms with Gasteiger partial charge in [0.1, 0.15) is 0 Å². The Morgan fingerprint density at radius 1 is 1.00 bits per heavy atom. The van der Waals surface area contributed by atoms with Gasteiger partial charge in [-0.2, -0.15) is 0 Å². The Morgan fingerprint density at radius 3 is 2.61 bits per heavy atom. The van der Waals surface area contributed by atoms with E-state index in [1.54, 1.807) is 14.2 Å². The van der Waals surface area contributed by atoms with E-state index in [1.807, 2.05) is 54.6 Å². The third kappa shape index (κ3) is 3.95. The highest BCUT2D eigenvalue weighted by Crippen LogP contribution is 2.51. The number of hydrogen-bond acceptors (Lipinski definition) is 4. The van der Waals surface area contributed by atoms with Crippen LogP contribution in [0.15, 0.2) is 78.9 Å². The van der Waals surface area contributed by atoms with E-state index in [0.29, 0.717) is 29.5 Å². The van der Waals surface area contributed by atoms with Crippen molar-refractivity contribution < 1.29 is 14.3 Å². The molecular formula is C28H28N2O3. The number of ether oxygens (including phenoxy) is 2. The van der Waals surface area contributed by atoms with E-state index in [0.717, 1.165) is 23.2 Å². The zero-order chi connectivity index (χ0) is 22.8. The zero-order valence-electron chi connectivity index (χ0n) is 18.9. The van der Waals surface area contributed by atoms with E-state index >= 15 is 0 Å². The number of amides is 1. The molecule has 0 bridgehead atoms. The van der Waals surface area contributed by atoms with Crippen LogP contribution < -0.4 is 20.1 Å². The monoisotopic (exact) mass is 440 g/mol. The quantitative estimate of drug-likeness (QED) is 0.500. The summed E-state index contributed by atoms with van der Waals surface area (Å²) in [5, 5.41) is 6.80. The summed E-state index contributed by atoms with van der Waals surface area (Å²) in [6, 6.07) is 22.1. The molecule has 0 fully saturated rings. The number of benzene rings is 3. The van der Waals surface area contributed by atoms with Crippen molar-refractivity contribution in [2.75, 3.05) is 19.5 Å². The van der Waals surface area contributed by atoms with Gasteiger partial charge in [-0.25, -0.2) is 0 Å². The van der Waals surface area contributed by atoms with Crippen LogP contribution in [0, 0.1) is 5.92 Å². The lowest BCUT2D eigenvalue weighted by Gasteiger charge is -2.38. The van der Waals surface area contributed by atoms with Crippen LogP contribution in [-0.2, 0) is 6.54 Å². The first-order valence-corrected chi connectivity index (χ1v) is 11.3. The molecule has 0 saturated carbocycles. The van der Waals surface area contributed by atoms with Crippen LogP contribution in [0.4, 0.5) is 5.69 Å². The van der Waals surface area contributed by atoms with Gasteiger partial charge in [0.25, 0.3) is 5.91 Å². The number of anilines is 1. The largest absolute Gasteiger partial charge is 0.493 e. The summed E-state index contributed by atoms with van der Waals surface area (Å²) in [7, 11) is 3.30. The number of methoxy groups -OCH3 is 2. The van der Waals surface area contributed by atoms with Crippen LogP contribution in [0.1, 0.15) is 45.4 Å². The molecule has 5 nitrogen and oxygen atoms in total. The number of carbonyl (C=O) groups excluding carboxylic acids is 1. The topological polar surface area (TPSA) is 59.6 Å². The van der Waals surface area contributed by atoms with E-state index in [9.17, 15) is 4.79 Å². The third-order valence-electron chi connectivity index (χ3n) is 6.70. The molecule has 1 aliphatic carbocycles. The lowest BCUT2D eigenvalue weighted by molar-refractivity contribution is 0.0951. The van der Waals surface area contributed by atoms with Crippen LogP contribution in [0.5, 0.6) is 11.5 Å². The van der Waals surface area contributed by atoms with Gasteiger partial charge in [0.15, 0.2) is 11.5 Å². The summed E-state index contributed by atoms with van der Waals surface area (Å²) >= 11 is 0. The molecule has 1 heterocycles. The molecule has 0 radical (unpaired) electrons. The molecule has 5 heteroatoms. The smallest absolute Gasteiger partial charge is 0.253 e. The molecule has 0 aromatic heterocycles. The first kappa shape index (κ1) is 21.1. The highest BCUT2D eigenvalue weighted by Gasteiger charge is 2.39. The van der Waals surface area contributed by atoms with Gasteiger partial charge in [-0.3, -0.25) is 4.79 Å². The van der Waals surface area contributed by atoms with E-state index < -0.39 is 0 Å². The Hall–Kier alpha value is -3.73. The molecule has 1 amide bonds. The minimum atomic E-state index is -0.0744. The fraction of sp³-hybridized carbons (Fsp3) is 0.250. The molecule has 1 aliphatic heterocycles. The maximum Gasteiger partial charge on any atom is 0.253 e. The molecule has 3 aromatic carbocycles. The molecule has 3 unspecified atom stereocenters. The molecular weight excluding hydrogens is 412 g/mol. The molecule has 0 spiro atoms. The van der Waals surface area contributed by atoms with E-state index in [4.69, 9.17) is 9.47 Å². The number of hydrogen-bond donors (Lipinski definition) is 2. The van der Waals surface area contributed by atoms with Crippen LogP contribution in [0.2, 0.25) is 0 Å². The van der Waals surface area contributed by atoms with Crippen LogP contribution in [-0.4, -0.2) is 20.1 Å². The Morgan fingerprint density at radius 2 is 1.82 bits per heavy atom. The van der Waals surface area contributed by atoms with Crippen molar-refractivity contribution in [3.05, 3.63) is 101 Å². The number of allylic oxidation sites excluding steroid dienone is 2. The Bertz CT molecular complexity index is 1190. The van der Waals surface area contributed by atoms with Crippen LogP contribution in [0.3, 0.4) is 0 Å². The molecule has 168 valence electrons. The summed E-state index contributed by atoms with van der Waals surface area (Å²) in [5.74, 6) is 1.98. The minimum Gasteiger partial charge on any atom is -0.493 e. The molecule has 2 N–H and O–H groups in total. The average Bonchev–Trinajstić information content (AvgIpc) is 3.37. The van der Waals surface area contributed by atoms with Gasteiger partial charge in [0, 0.05) is 12.5 Å². The predicted octanol–water partition coefficient (Wildman–Crippen LogP) is 5.46. The number of para-hydroxylation sites is 1. The normalized spacial score (nSPS) is 20.4. The molecule has 33 heavy (non-hydrogen) atoms. The molecule has 5 rings (SSSR count). The molecule has 3 atom stereocenters. The summed E-state index contributed by atoms with van der Waals surface area (Å²) in [6.07, 6.45) is 5.52. The predicted molar refractivity (Wildman–Crippen MR) is 130 cm³/mol. The van der Waals surface area contributed by atoms with Gasteiger partial charge >= 0.3 is 0 Å². The fourth-order valence-electron chi connectivity index (χ4n) is 5.06. The second-order valence-corrected chi connectivity index (χ2v) is 8.53. The first-order valence-electron chi connectivity index (χ1n) is 11.3. The maximum absolute atomic E-state index is 13.2. The second kappa shape index (κ2) is 9.02. The number of rotatable bonds is 6. The van der Waals surface area contributed by atoms with Gasteiger partial charge < -0.3 is 20.1 Å². The standard InChI is InChI=1S/C28H28N2O3/c1-32-24-15-14-19(16-25(24)33-2)26-21-11-6-10-20(21)22-12-7-13-23(27(22)30-26)28(31)29-17-18-8-4-3-5-9-18/h3-10,12-16,20-21,26,30H,11,17H2,1-2H3,(H,29,31). The highest BCUT2D eigenvalue weighted by atomic mass is 16.5. The Labute approximate surface area is 194 Å². The van der Waals surface area contributed by atoms with Crippen LogP contribution >= 0.6 is 0 Å². The summed E-state index contributed by atoms with van der Waals surface area (Å²) in [4.78, 5) is 13.2. The van der Waals surface area contributed by atoms with Gasteiger partial charge in [-0.05, 0) is 47.2 Å². The first-order chi connectivity index (χ1) is 16.2. The fourth-order valence-corrected chi connectivity index (χ4v) is 5.06. The van der Waals surface area contributed by atoms with Crippen molar-refractivity contribution in [3.8, 4) is 11.5 Å². The Balaban J connectivity index is 1.48. The molecule has 0 saturated heterocycles.